The summed E-state index contributed by atoms with van der Waals surface area (Å²) in [5, 5.41) is 10.3. The Labute approximate surface area is 158 Å². The molecule has 0 spiro atoms. The maximum absolute atomic E-state index is 5.07. The number of nitrogens with one attached hydrogen (secondary N) is 2. The molecule has 3 heterocycles. The van der Waals surface area contributed by atoms with Crippen molar-refractivity contribution in [1.82, 2.24) is 15.1 Å². The number of benzene rings is 1. The van der Waals surface area contributed by atoms with Gasteiger partial charge in [0.2, 0.25) is 5.95 Å². The van der Waals surface area contributed by atoms with E-state index in [1.54, 1.807) is 6.07 Å². The zero-order valence-electron chi connectivity index (χ0n) is 15.7. The van der Waals surface area contributed by atoms with Crippen LogP contribution in [0.15, 0.2) is 40.9 Å². The van der Waals surface area contributed by atoms with Crippen molar-refractivity contribution in [2.24, 2.45) is 0 Å². The Bertz CT molecular complexity index is 899. The normalized spacial score (nSPS) is 14.2. The molecule has 2 N–H and O–H groups in total. The van der Waals surface area contributed by atoms with Gasteiger partial charge in [0, 0.05) is 42.3 Å². The Kier molecular flexibility index (Phi) is 4.91. The highest BCUT2D eigenvalue weighted by Gasteiger charge is 2.11. The molecule has 2 aromatic heterocycles. The lowest BCUT2D eigenvalue weighted by Crippen LogP contribution is -2.29. The lowest BCUT2D eigenvalue weighted by molar-refractivity contribution is 0.400. The third-order valence-corrected chi connectivity index (χ3v) is 4.58. The molecule has 0 radical (unpaired) electrons. The van der Waals surface area contributed by atoms with Crippen LogP contribution in [-0.4, -0.2) is 28.2 Å². The first-order valence-electron chi connectivity index (χ1n) is 9.34. The van der Waals surface area contributed by atoms with Gasteiger partial charge < -0.3 is 20.1 Å². The van der Waals surface area contributed by atoms with Crippen molar-refractivity contribution in [3.8, 4) is 0 Å². The first kappa shape index (κ1) is 17.3. The third-order valence-electron chi connectivity index (χ3n) is 4.58. The molecule has 0 amide bonds. The number of aryl methyl sites for hydroxylation is 2. The molecule has 7 heteroatoms. The van der Waals surface area contributed by atoms with Crippen LogP contribution in [0.25, 0.3) is 0 Å². The summed E-state index contributed by atoms with van der Waals surface area (Å²) in [4.78, 5) is 11.4. The van der Waals surface area contributed by atoms with Gasteiger partial charge in [-0.05, 0) is 57.4 Å². The molecule has 1 aliphatic rings. The molecular formula is C20H24N6O. The Balaban J connectivity index is 1.47. The van der Waals surface area contributed by atoms with Crippen molar-refractivity contribution < 1.29 is 4.52 Å². The van der Waals surface area contributed by atoms with Crippen LogP contribution >= 0.6 is 0 Å². The zero-order valence-corrected chi connectivity index (χ0v) is 15.7. The van der Waals surface area contributed by atoms with Crippen LogP contribution in [0.1, 0.15) is 30.7 Å². The Morgan fingerprint density at radius 2 is 1.67 bits per heavy atom. The summed E-state index contributed by atoms with van der Waals surface area (Å²) in [5.41, 5.74) is 3.14. The van der Waals surface area contributed by atoms with Crippen molar-refractivity contribution in [2.75, 3.05) is 28.6 Å². The summed E-state index contributed by atoms with van der Waals surface area (Å²) in [6.45, 7) is 6.07. The van der Waals surface area contributed by atoms with Crippen molar-refractivity contribution in [1.29, 1.82) is 0 Å². The molecule has 7 nitrogen and oxygen atoms in total. The molecule has 1 saturated heterocycles. The van der Waals surface area contributed by atoms with Crippen LogP contribution in [0.5, 0.6) is 0 Å². The van der Waals surface area contributed by atoms with Crippen LogP contribution < -0.4 is 15.5 Å². The van der Waals surface area contributed by atoms with E-state index in [0.29, 0.717) is 11.8 Å². The summed E-state index contributed by atoms with van der Waals surface area (Å²) < 4.78 is 5.07. The number of hydrogen-bond donors (Lipinski definition) is 2. The van der Waals surface area contributed by atoms with Crippen LogP contribution in [0.2, 0.25) is 0 Å². The highest BCUT2D eigenvalue weighted by Crippen LogP contribution is 2.24. The summed E-state index contributed by atoms with van der Waals surface area (Å²) in [7, 11) is 0. The second kappa shape index (κ2) is 7.65. The molecular weight excluding hydrogens is 340 g/mol. The van der Waals surface area contributed by atoms with E-state index in [9.17, 15) is 0 Å². The molecule has 0 unspecified atom stereocenters. The zero-order chi connectivity index (χ0) is 18.6. The van der Waals surface area contributed by atoms with Gasteiger partial charge in [-0.1, -0.05) is 5.16 Å². The molecule has 1 aromatic carbocycles. The first-order chi connectivity index (χ1) is 13.2. The number of piperidine rings is 1. The van der Waals surface area contributed by atoms with Gasteiger partial charge in [-0.25, -0.2) is 4.98 Å². The van der Waals surface area contributed by atoms with Gasteiger partial charge in [0.1, 0.15) is 11.6 Å². The largest absolute Gasteiger partial charge is 0.372 e. The molecule has 1 aliphatic heterocycles. The summed E-state index contributed by atoms with van der Waals surface area (Å²) in [6, 6.07) is 12.2. The molecule has 3 aromatic rings. The Morgan fingerprint density at radius 3 is 2.37 bits per heavy atom. The minimum Gasteiger partial charge on any atom is -0.372 e. The van der Waals surface area contributed by atoms with Crippen molar-refractivity contribution in [3.63, 3.8) is 0 Å². The van der Waals surface area contributed by atoms with Crippen molar-refractivity contribution >= 4 is 29.0 Å². The van der Waals surface area contributed by atoms with Gasteiger partial charge in [-0.3, -0.25) is 0 Å². The fraction of sp³-hybridized carbons (Fsp3) is 0.350. The predicted molar refractivity (Wildman–Crippen MR) is 107 cm³/mol. The second-order valence-electron chi connectivity index (χ2n) is 6.89. The van der Waals surface area contributed by atoms with Gasteiger partial charge in [-0.2, -0.15) is 4.98 Å². The molecule has 27 heavy (non-hydrogen) atoms. The molecule has 0 saturated carbocycles. The molecule has 0 bridgehead atoms. The highest BCUT2D eigenvalue weighted by molar-refractivity contribution is 5.62. The number of aromatic nitrogens is 3. The van der Waals surface area contributed by atoms with E-state index in [1.165, 1.54) is 24.9 Å². The maximum Gasteiger partial charge on any atom is 0.230 e. The maximum atomic E-state index is 5.07. The Hall–Kier alpha value is -3.09. The van der Waals surface area contributed by atoms with E-state index in [4.69, 9.17) is 4.52 Å². The minimum absolute atomic E-state index is 0.482. The monoisotopic (exact) mass is 364 g/mol. The van der Waals surface area contributed by atoms with E-state index in [2.05, 4.69) is 54.9 Å². The smallest absolute Gasteiger partial charge is 0.230 e. The van der Waals surface area contributed by atoms with E-state index >= 15 is 0 Å². The minimum atomic E-state index is 0.482. The van der Waals surface area contributed by atoms with Gasteiger partial charge >= 0.3 is 0 Å². The highest BCUT2D eigenvalue weighted by atomic mass is 16.5. The Morgan fingerprint density at radius 1 is 0.889 bits per heavy atom. The summed E-state index contributed by atoms with van der Waals surface area (Å²) >= 11 is 0. The number of hydrogen-bond acceptors (Lipinski definition) is 7. The van der Waals surface area contributed by atoms with Crippen LogP contribution in [0, 0.1) is 13.8 Å². The lowest BCUT2D eigenvalue weighted by Gasteiger charge is -2.28. The molecule has 1 fully saturated rings. The summed E-state index contributed by atoms with van der Waals surface area (Å²) in [5.74, 6) is 2.54. The number of rotatable bonds is 5. The van der Waals surface area contributed by atoms with Crippen LogP contribution in [0.4, 0.5) is 29.0 Å². The third kappa shape index (κ3) is 4.36. The molecule has 140 valence electrons. The van der Waals surface area contributed by atoms with Gasteiger partial charge in [0.25, 0.3) is 0 Å². The lowest BCUT2D eigenvalue weighted by atomic mass is 10.1. The van der Waals surface area contributed by atoms with Gasteiger partial charge in [0.15, 0.2) is 5.82 Å². The molecule has 4 rings (SSSR count). The van der Waals surface area contributed by atoms with Gasteiger partial charge in [0.05, 0.1) is 0 Å². The van der Waals surface area contributed by atoms with E-state index in [1.807, 2.05) is 19.9 Å². The van der Waals surface area contributed by atoms with Crippen LogP contribution in [0.3, 0.4) is 0 Å². The topological polar surface area (TPSA) is 79.1 Å². The predicted octanol–water partition coefficient (Wildman–Crippen LogP) is 4.56. The van der Waals surface area contributed by atoms with Crippen molar-refractivity contribution in [2.45, 2.75) is 33.1 Å². The van der Waals surface area contributed by atoms with Crippen LogP contribution in [-0.2, 0) is 0 Å². The van der Waals surface area contributed by atoms with Crippen molar-refractivity contribution in [3.05, 3.63) is 47.9 Å². The van der Waals surface area contributed by atoms with Gasteiger partial charge in [-0.15, -0.1) is 0 Å². The average Bonchev–Trinajstić information content (AvgIpc) is 3.07. The quantitative estimate of drug-likeness (QED) is 0.687. The SMILES string of the molecule is Cc1cc(Nc2ccc(N3CCCCC3)cc2)nc(Nc2cc(C)on2)n1. The molecule has 0 atom stereocenters. The second-order valence-corrected chi connectivity index (χ2v) is 6.89. The van der Waals surface area contributed by atoms with E-state index < -0.39 is 0 Å². The first-order valence-corrected chi connectivity index (χ1v) is 9.34. The standard InChI is InChI=1S/C20H24N6O/c1-14-12-18(23-20(21-14)24-19-13-15(2)27-25-19)22-16-6-8-17(9-7-16)26-10-4-3-5-11-26/h6-9,12-13H,3-5,10-11H2,1-2H3,(H2,21,22,23,24,25). The average molecular weight is 364 g/mol. The fourth-order valence-electron chi connectivity index (χ4n) is 3.28. The molecule has 0 aliphatic carbocycles. The van der Waals surface area contributed by atoms with E-state index in [-0.39, 0.29) is 0 Å². The van der Waals surface area contributed by atoms with E-state index in [0.717, 1.165) is 36.0 Å². The number of anilines is 5. The summed E-state index contributed by atoms with van der Waals surface area (Å²) in [6.07, 6.45) is 3.90. The fourth-order valence-corrected chi connectivity index (χ4v) is 3.28. The number of nitrogens with zero attached hydrogens (tertiary/aromatic N) is 4.